The molecule has 0 unspecified atom stereocenters. The Bertz CT molecular complexity index is 746. The van der Waals surface area contributed by atoms with E-state index in [2.05, 4.69) is 5.32 Å². The van der Waals surface area contributed by atoms with E-state index in [1.54, 1.807) is 13.0 Å². The molecule has 1 aromatic rings. The van der Waals surface area contributed by atoms with Crippen LogP contribution in [0, 0.1) is 41.7 Å². The van der Waals surface area contributed by atoms with Gasteiger partial charge in [0.25, 0.3) is 11.6 Å². The molecule has 2 saturated carbocycles. The number of hydrogen-bond acceptors (Lipinski definition) is 5. The van der Waals surface area contributed by atoms with E-state index in [0.29, 0.717) is 18.3 Å². The molecule has 1 N–H and O–H groups in total. The number of fused-ring (bicyclic) bond motifs is 2. The molecule has 1 aromatic carbocycles. The SMILES string of the molecule is Cc1cc(NC(=O)COC(=O)C[C@H]2C[C@H]3CC[C@@H]2C3)c([N+](=O)[O-])cc1C. The number of esters is 1. The topological polar surface area (TPSA) is 98.5 Å². The van der Waals surface area contributed by atoms with Crippen molar-refractivity contribution >= 4 is 23.3 Å². The quantitative estimate of drug-likeness (QED) is 0.475. The fraction of sp³-hybridized carbons (Fsp3) is 0.579. The van der Waals surface area contributed by atoms with Crippen LogP contribution in [0.2, 0.25) is 0 Å². The van der Waals surface area contributed by atoms with Crippen molar-refractivity contribution in [3.63, 3.8) is 0 Å². The van der Waals surface area contributed by atoms with Crippen molar-refractivity contribution in [2.24, 2.45) is 17.8 Å². The van der Waals surface area contributed by atoms with Crippen LogP contribution in [0.15, 0.2) is 12.1 Å². The Morgan fingerprint density at radius 2 is 1.96 bits per heavy atom. The summed E-state index contributed by atoms with van der Waals surface area (Å²) < 4.78 is 5.08. The van der Waals surface area contributed by atoms with Crippen LogP contribution >= 0.6 is 0 Å². The predicted molar refractivity (Wildman–Crippen MR) is 95.7 cm³/mol. The third-order valence-corrected chi connectivity index (χ3v) is 5.76. The highest BCUT2D eigenvalue weighted by Gasteiger charge is 2.40. The molecule has 0 radical (unpaired) electrons. The van der Waals surface area contributed by atoms with Gasteiger partial charge < -0.3 is 10.1 Å². The summed E-state index contributed by atoms with van der Waals surface area (Å²) in [4.78, 5) is 34.7. The molecule has 1 amide bonds. The Labute approximate surface area is 152 Å². The van der Waals surface area contributed by atoms with Crippen molar-refractivity contribution in [2.75, 3.05) is 11.9 Å². The number of nitrogens with zero attached hydrogens (tertiary/aromatic N) is 1. The second-order valence-corrected chi connectivity index (χ2v) is 7.56. The van der Waals surface area contributed by atoms with Gasteiger partial charge in [-0.1, -0.05) is 6.42 Å². The Morgan fingerprint density at radius 1 is 1.23 bits per heavy atom. The number of amides is 1. The van der Waals surface area contributed by atoms with Crippen LogP contribution in [0.4, 0.5) is 11.4 Å². The Hall–Kier alpha value is -2.44. The maximum absolute atomic E-state index is 12.0. The minimum atomic E-state index is -0.572. The summed E-state index contributed by atoms with van der Waals surface area (Å²) in [6.07, 6.45) is 5.13. The van der Waals surface area contributed by atoms with E-state index in [1.165, 1.54) is 25.3 Å². The second-order valence-electron chi connectivity index (χ2n) is 7.56. The first-order valence-corrected chi connectivity index (χ1v) is 9.04. The van der Waals surface area contributed by atoms with Crippen molar-refractivity contribution < 1.29 is 19.2 Å². The van der Waals surface area contributed by atoms with E-state index in [1.807, 2.05) is 6.92 Å². The summed E-state index contributed by atoms with van der Waals surface area (Å²) in [5.41, 5.74) is 1.55. The highest BCUT2D eigenvalue weighted by molar-refractivity contribution is 5.95. The maximum Gasteiger partial charge on any atom is 0.306 e. The molecule has 0 spiro atoms. The largest absolute Gasteiger partial charge is 0.456 e. The number of carbonyl (C=O) groups excluding carboxylic acids is 2. The number of rotatable bonds is 6. The van der Waals surface area contributed by atoms with Crippen molar-refractivity contribution in [3.05, 3.63) is 33.4 Å². The van der Waals surface area contributed by atoms with Crippen molar-refractivity contribution in [1.29, 1.82) is 0 Å². The van der Waals surface area contributed by atoms with Gasteiger partial charge in [0.1, 0.15) is 5.69 Å². The average Bonchev–Trinajstić information content (AvgIpc) is 3.18. The maximum atomic E-state index is 12.0. The predicted octanol–water partition coefficient (Wildman–Crippen LogP) is 3.52. The molecular formula is C19H24N2O5. The van der Waals surface area contributed by atoms with Crippen LogP contribution in [0.25, 0.3) is 0 Å². The smallest absolute Gasteiger partial charge is 0.306 e. The minimum absolute atomic E-state index is 0.118. The summed E-state index contributed by atoms with van der Waals surface area (Å²) in [6.45, 7) is 3.15. The summed E-state index contributed by atoms with van der Waals surface area (Å²) >= 11 is 0. The molecule has 3 atom stereocenters. The molecule has 0 heterocycles. The van der Waals surface area contributed by atoms with Gasteiger partial charge in [0, 0.05) is 12.5 Å². The van der Waals surface area contributed by atoms with Crippen molar-refractivity contribution in [2.45, 2.75) is 46.0 Å². The molecule has 3 rings (SSSR count). The first kappa shape index (κ1) is 18.4. The van der Waals surface area contributed by atoms with Crippen LogP contribution in [-0.4, -0.2) is 23.4 Å². The number of carbonyl (C=O) groups is 2. The number of ether oxygens (including phenoxy) is 1. The van der Waals surface area contributed by atoms with Crippen LogP contribution in [0.5, 0.6) is 0 Å². The van der Waals surface area contributed by atoms with Gasteiger partial charge in [-0.05, 0) is 68.1 Å². The van der Waals surface area contributed by atoms with Gasteiger partial charge in [-0.15, -0.1) is 0 Å². The minimum Gasteiger partial charge on any atom is -0.456 e. The van der Waals surface area contributed by atoms with Crippen LogP contribution in [0.3, 0.4) is 0 Å². The zero-order valence-electron chi connectivity index (χ0n) is 15.1. The molecule has 7 nitrogen and oxygen atoms in total. The number of benzene rings is 1. The van der Waals surface area contributed by atoms with Crippen LogP contribution < -0.4 is 5.32 Å². The number of nitro benzene ring substituents is 1. The molecule has 2 fully saturated rings. The summed E-state index contributed by atoms with van der Waals surface area (Å²) in [5, 5.41) is 13.6. The highest BCUT2D eigenvalue weighted by atomic mass is 16.6. The number of nitrogens with one attached hydrogen (secondary N) is 1. The number of hydrogen-bond donors (Lipinski definition) is 1. The molecule has 7 heteroatoms. The molecule has 140 valence electrons. The fourth-order valence-corrected chi connectivity index (χ4v) is 4.28. The van der Waals surface area contributed by atoms with Gasteiger partial charge in [0.15, 0.2) is 6.61 Å². The Morgan fingerprint density at radius 3 is 2.58 bits per heavy atom. The van der Waals surface area contributed by atoms with Crippen molar-refractivity contribution in [3.8, 4) is 0 Å². The van der Waals surface area contributed by atoms with E-state index in [-0.39, 0.29) is 17.3 Å². The van der Waals surface area contributed by atoms with E-state index < -0.39 is 17.4 Å². The van der Waals surface area contributed by atoms with Crippen LogP contribution in [0.1, 0.15) is 43.2 Å². The Balaban J connectivity index is 1.52. The molecule has 0 saturated heterocycles. The van der Waals surface area contributed by atoms with E-state index in [0.717, 1.165) is 23.5 Å². The van der Waals surface area contributed by atoms with Gasteiger partial charge in [-0.3, -0.25) is 19.7 Å². The van der Waals surface area contributed by atoms with Gasteiger partial charge in [0.2, 0.25) is 0 Å². The van der Waals surface area contributed by atoms with Gasteiger partial charge in [0.05, 0.1) is 4.92 Å². The molecule has 0 aromatic heterocycles. The summed E-state index contributed by atoms with van der Waals surface area (Å²) in [6, 6.07) is 2.98. The van der Waals surface area contributed by atoms with E-state index >= 15 is 0 Å². The summed E-state index contributed by atoms with van der Waals surface area (Å²) in [7, 11) is 0. The second kappa shape index (κ2) is 7.43. The van der Waals surface area contributed by atoms with Gasteiger partial charge in [-0.25, -0.2) is 0 Å². The lowest BCUT2D eigenvalue weighted by Crippen LogP contribution is -2.23. The number of nitro groups is 1. The first-order valence-electron chi connectivity index (χ1n) is 9.04. The number of aryl methyl sites for hydroxylation is 2. The van der Waals surface area contributed by atoms with Crippen molar-refractivity contribution in [1.82, 2.24) is 0 Å². The molecule has 2 aliphatic rings. The third-order valence-electron chi connectivity index (χ3n) is 5.76. The van der Waals surface area contributed by atoms with E-state index in [9.17, 15) is 19.7 Å². The molecule has 26 heavy (non-hydrogen) atoms. The lowest BCUT2D eigenvalue weighted by atomic mass is 9.86. The lowest BCUT2D eigenvalue weighted by Gasteiger charge is -2.20. The fourth-order valence-electron chi connectivity index (χ4n) is 4.28. The number of anilines is 1. The van der Waals surface area contributed by atoms with Gasteiger partial charge in [-0.2, -0.15) is 0 Å². The average molecular weight is 360 g/mol. The molecule has 2 bridgehead atoms. The summed E-state index contributed by atoms with van der Waals surface area (Å²) in [5.74, 6) is 0.820. The van der Waals surface area contributed by atoms with E-state index in [4.69, 9.17) is 4.74 Å². The normalized spacial score (nSPS) is 23.7. The molecular weight excluding hydrogens is 336 g/mol. The zero-order valence-corrected chi connectivity index (χ0v) is 15.1. The highest BCUT2D eigenvalue weighted by Crippen LogP contribution is 2.49. The van der Waals surface area contributed by atoms with Crippen LogP contribution in [-0.2, 0) is 14.3 Å². The first-order chi connectivity index (χ1) is 12.3. The molecule has 0 aliphatic heterocycles. The lowest BCUT2D eigenvalue weighted by molar-refractivity contribution is -0.384. The Kier molecular flexibility index (Phi) is 5.25. The monoisotopic (exact) mass is 360 g/mol. The molecule has 2 aliphatic carbocycles. The standard InChI is InChI=1S/C19H24N2O5/c1-11-5-16(17(21(24)25)6-12(11)2)20-18(22)10-26-19(23)9-15-8-13-3-4-14(15)7-13/h5-6,13-15H,3-4,7-10H2,1-2H3,(H,20,22)/t13-,14+,15+/m0/s1. The van der Waals surface area contributed by atoms with Gasteiger partial charge >= 0.3 is 5.97 Å². The zero-order chi connectivity index (χ0) is 18.8. The third kappa shape index (κ3) is 4.03.